The van der Waals surface area contributed by atoms with Crippen molar-refractivity contribution in [2.24, 2.45) is 0 Å². The second-order valence-corrected chi connectivity index (χ2v) is 6.14. The van der Waals surface area contributed by atoms with Gasteiger partial charge in [0.15, 0.2) is 0 Å². The first-order valence-corrected chi connectivity index (χ1v) is 8.37. The first-order valence-electron chi connectivity index (χ1n) is 8.37. The Morgan fingerprint density at radius 3 is 3.00 bits per heavy atom. The number of nitrogens with one attached hydrogen (secondary N) is 1. The number of amides is 2. The summed E-state index contributed by atoms with van der Waals surface area (Å²) in [7, 11) is 0. The summed E-state index contributed by atoms with van der Waals surface area (Å²) in [6.07, 6.45) is 6.40. The monoisotopic (exact) mass is 325 g/mol. The number of aliphatic hydroxyl groups excluding tert-OH is 1. The molecule has 1 aromatic heterocycles. The second-order valence-electron chi connectivity index (χ2n) is 6.14. The maximum absolute atomic E-state index is 12.8. The summed E-state index contributed by atoms with van der Waals surface area (Å²) in [5.41, 5.74) is 4.16. The van der Waals surface area contributed by atoms with E-state index in [0.29, 0.717) is 6.54 Å². The fraction of sp³-hybridized carbons (Fsp3) is 0.368. The van der Waals surface area contributed by atoms with E-state index in [1.807, 2.05) is 19.1 Å². The highest BCUT2D eigenvalue weighted by molar-refractivity contribution is 5.90. The molecule has 1 aliphatic rings. The normalized spacial score (nSPS) is 16.3. The molecule has 2 aromatic rings. The van der Waals surface area contributed by atoms with E-state index in [2.05, 4.69) is 22.4 Å². The van der Waals surface area contributed by atoms with Gasteiger partial charge in [-0.25, -0.2) is 4.79 Å². The molecule has 126 valence electrons. The Morgan fingerprint density at radius 1 is 1.38 bits per heavy atom. The molecule has 5 nitrogen and oxygen atoms in total. The molecule has 1 unspecified atom stereocenters. The lowest BCUT2D eigenvalue weighted by Gasteiger charge is -2.35. The standard InChI is InChI=1S/C19H23N3O2/c1-14-13-20-10-9-17(14)21-19(24)22(11-12-23)18-8-4-6-15-5-2-3-7-16(15)18/h2-3,5,7,9-10,13,18,23H,4,6,8,11-12H2,1H3,(H,20,21,24). The molecular formula is C19H23N3O2. The number of hydrogen-bond donors (Lipinski definition) is 2. The molecular weight excluding hydrogens is 302 g/mol. The van der Waals surface area contributed by atoms with Gasteiger partial charge in [-0.3, -0.25) is 4.98 Å². The number of rotatable bonds is 4. The molecule has 1 heterocycles. The van der Waals surface area contributed by atoms with E-state index in [4.69, 9.17) is 0 Å². The van der Waals surface area contributed by atoms with Crippen molar-refractivity contribution >= 4 is 11.7 Å². The quantitative estimate of drug-likeness (QED) is 0.906. The lowest BCUT2D eigenvalue weighted by Crippen LogP contribution is -2.41. The van der Waals surface area contributed by atoms with Crippen LogP contribution in [-0.4, -0.2) is 34.2 Å². The summed E-state index contributed by atoms with van der Waals surface area (Å²) < 4.78 is 0. The molecule has 1 aliphatic carbocycles. The molecule has 3 rings (SSSR count). The number of aromatic nitrogens is 1. The third-order valence-corrected chi connectivity index (χ3v) is 4.58. The summed E-state index contributed by atoms with van der Waals surface area (Å²) >= 11 is 0. The van der Waals surface area contributed by atoms with Gasteiger partial charge in [0, 0.05) is 24.6 Å². The first kappa shape index (κ1) is 16.5. The number of carbonyl (C=O) groups is 1. The van der Waals surface area contributed by atoms with Gasteiger partial charge in [0.2, 0.25) is 0 Å². The van der Waals surface area contributed by atoms with Crippen molar-refractivity contribution < 1.29 is 9.90 Å². The van der Waals surface area contributed by atoms with Gasteiger partial charge in [0.05, 0.1) is 12.6 Å². The van der Waals surface area contributed by atoms with Crippen LogP contribution in [0, 0.1) is 6.92 Å². The highest BCUT2D eigenvalue weighted by Gasteiger charge is 2.29. The molecule has 2 N–H and O–H groups in total. The fourth-order valence-electron chi connectivity index (χ4n) is 3.36. The van der Waals surface area contributed by atoms with Gasteiger partial charge in [-0.05, 0) is 48.9 Å². The zero-order valence-corrected chi connectivity index (χ0v) is 13.9. The molecule has 0 spiro atoms. The van der Waals surface area contributed by atoms with E-state index in [0.717, 1.165) is 30.5 Å². The van der Waals surface area contributed by atoms with Gasteiger partial charge < -0.3 is 15.3 Å². The number of aliphatic hydroxyl groups is 1. The van der Waals surface area contributed by atoms with Crippen molar-refractivity contribution in [2.75, 3.05) is 18.5 Å². The van der Waals surface area contributed by atoms with E-state index >= 15 is 0 Å². The lowest BCUT2D eigenvalue weighted by molar-refractivity contribution is 0.155. The Hall–Kier alpha value is -2.40. The SMILES string of the molecule is Cc1cnccc1NC(=O)N(CCO)C1CCCc2ccccc21. The van der Waals surface area contributed by atoms with Crippen LogP contribution in [-0.2, 0) is 6.42 Å². The Bertz CT molecular complexity index is 717. The number of benzene rings is 1. The van der Waals surface area contributed by atoms with Crippen molar-refractivity contribution in [1.82, 2.24) is 9.88 Å². The van der Waals surface area contributed by atoms with E-state index in [1.54, 1.807) is 23.4 Å². The molecule has 5 heteroatoms. The van der Waals surface area contributed by atoms with Crippen molar-refractivity contribution in [3.63, 3.8) is 0 Å². The van der Waals surface area contributed by atoms with Crippen molar-refractivity contribution in [3.8, 4) is 0 Å². The maximum atomic E-state index is 12.8. The van der Waals surface area contributed by atoms with Gasteiger partial charge in [0.1, 0.15) is 0 Å². The molecule has 1 atom stereocenters. The number of carbonyl (C=O) groups excluding carboxylic acids is 1. The first-order chi connectivity index (χ1) is 11.7. The maximum Gasteiger partial charge on any atom is 0.322 e. The Morgan fingerprint density at radius 2 is 2.21 bits per heavy atom. The van der Waals surface area contributed by atoms with E-state index < -0.39 is 0 Å². The van der Waals surface area contributed by atoms with Crippen LogP contribution < -0.4 is 5.32 Å². The highest BCUT2D eigenvalue weighted by Crippen LogP contribution is 2.34. The third kappa shape index (κ3) is 3.41. The van der Waals surface area contributed by atoms with Crippen LogP contribution in [0.25, 0.3) is 0 Å². The summed E-state index contributed by atoms with van der Waals surface area (Å²) in [6.45, 7) is 2.17. The number of pyridine rings is 1. The summed E-state index contributed by atoms with van der Waals surface area (Å²) in [5, 5.41) is 12.4. The number of fused-ring (bicyclic) bond motifs is 1. The molecule has 0 fully saturated rings. The second kappa shape index (κ2) is 7.45. The summed E-state index contributed by atoms with van der Waals surface area (Å²) in [5.74, 6) is 0. The number of aryl methyl sites for hydroxylation is 2. The molecule has 2 amide bonds. The van der Waals surface area contributed by atoms with Crippen molar-refractivity contribution in [1.29, 1.82) is 0 Å². The molecule has 0 aliphatic heterocycles. The molecule has 0 saturated heterocycles. The fourth-order valence-corrected chi connectivity index (χ4v) is 3.36. The minimum absolute atomic E-state index is 0.00393. The Labute approximate surface area is 142 Å². The van der Waals surface area contributed by atoms with Crippen LogP contribution in [0.4, 0.5) is 10.5 Å². The summed E-state index contributed by atoms with van der Waals surface area (Å²) in [6, 6.07) is 9.89. The van der Waals surface area contributed by atoms with E-state index in [-0.39, 0.29) is 18.7 Å². The molecule has 0 bridgehead atoms. The van der Waals surface area contributed by atoms with Crippen molar-refractivity contribution in [2.45, 2.75) is 32.2 Å². The van der Waals surface area contributed by atoms with Crippen LogP contribution in [0.5, 0.6) is 0 Å². The van der Waals surface area contributed by atoms with Gasteiger partial charge in [0.25, 0.3) is 0 Å². The number of anilines is 1. The highest BCUT2D eigenvalue weighted by atomic mass is 16.3. The van der Waals surface area contributed by atoms with E-state index in [1.165, 1.54) is 11.1 Å². The molecule has 1 aromatic carbocycles. The van der Waals surface area contributed by atoms with Crippen LogP contribution in [0.1, 0.15) is 35.6 Å². The van der Waals surface area contributed by atoms with Crippen LogP contribution in [0.2, 0.25) is 0 Å². The van der Waals surface area contributed by atoms with Crippen molar-refractivity contribution in [3.05, 3.63) is 59.4 Å². The molecule has 0 radical (unpaired) electrons. The predicted octanol–water partition coefficient (Wildman–Crippen LogP) is 3.29. The number of hydrogen-bond acceptors (Lipinski definition) is 3. The average Bonchev–Trinajstić information content (AvgIpc) is 2.61. The zero-order chi connectivity index (χ0) is 16.9. The Balaban J connectivity index is 1.85. The Kier molecular flexibility index (Phi) is 5.11. The predicted molar refractivity (Wildman–Crippen MR) is 93.9 cm³/mol. The van der Waals surface area contributed by atoms with Gasteiger partial charge >= 0.3 is 6.03 Å². The summed E-state index contributed by atoms with van der Waals surface area (Å²) in [4.78, 5) is 18.6. The minimum Gasteiger partial charge on any atom is -0.395 e. The topological polar surface area (TPSA) is 65.5 Å². The number of urea groups is 1. The lowest BCUT2D eigenvalue weighted by atomic mass is 9.87. The zero-order valence-electron chi connectivity index (χ0n) is 13.9. The van der Waals surface area contributed by atoms with Crippen LogP contribution in [0.3, 0.4) is 0 Å². The van der Waals surface area contributed by atoms with Gasteiger partial charge in [-0.1, -0.05) is 24.3 Å². The minimum atomic E-state index is -0.181. The van der Waals surface area contributed by atoms with Crippen LogP contribution in [0.15, 0.2) is 42.7 Å². The largest absolute Gasteiger partial charge is 0.395 e. The smallest absolute Gasteiger partial charge is 0.322 e. The third-order valence-electron chi connectivity index (χ3n) is 4.58. The molecule has 24 heavy (non-hydrogen) atoms. The average molecular weight is 325 g/mol. The number of nitrogens with zero attached hydrogens (tertiary/aromatic N) is 2. The van der Waals surface area contributed by atoms with Gasteiger partial charge in [-0.2, -0.15) is 0 Å². The molecule has 0 saturated carbocycles. The van der Waals surface area contributed by atoms with Gasteiger partial charge in [-0.15, -0.1) is 0 Å². The van der Waals surface area contributed by atoms with Crippen LogP contribution >= 0.6 is 0 Å². The van der Waals surface area contributed by atoms with E-state index in [9.17, 15) is 9.90 Å².